The van der Waals surface area contributed by atoms with Gasteiger partial charge in [0.15, 0.2) is 0 Å². The first kappa shape index (κ1) is 12.9. The van der Waals surface area contributed by atoms with E-state index in [-0.39, 0.29) is 0 Å². The van der Waals surface area contributed by atoms with Crippen molar-refractivity contribution in [2.45, 2.75) is 40.5 Å². The molecule has 1 nitrogen and oxygen atoms in total. The van der Waals surface area contributed by atoms with Gasteiger partial charge in [-0.1, -0.05) is 37.6 Å². The van der Waals surface area contributed by atoms with Gasteiger partial charge in [-0.15, -0.1) is 0 Å². The molecule has 0 aromatic rings. The summed E-state index contributed by atoms with van der Waals surface area (Å²) < 4.78 is 0. The second-order valence-corrected chi connectivity index (χ2v) is 3.35. The molecule has 0 spiro atoms. The molecular weight excluding hydrogens is 170 g/mol. The van der Waals surface area contributed by atoms with Crippen molar-refractivity contribution < 1.29 is 0 Å². The molecular formula is C13H21N. The maximum Gasteiger partial charge on any atom is 0.0404 e. The van der Waals surface area contributed by atoms with Crippen molar-refractivity contribution in [1.29, 1.82) is 0 Å². The minimum atomic E-state index is 1.07. The van der Waals surface area contributed by atoms with Crippen LogP contribution in [0.4, 0.5) is 0 Å². The predicted octanol–water partition coefficient (Wildman–Crippen LogP) is 4.28. The molecule has 0 amide bonds. The molecule has 0 fully saturated rings. The summed E-state index contributed by atoms with van der Waals surface area (Å²) >= 11 is 0. The molecule has 0 aliphatic rings. The van der Waals surface area contributed by atoms with E-state index < -0.39 is 0 Å². The summed E-state index contributed by atoms with van der Waals surface area (Å²) in [5.41, 5.74) is 3.66. The summed E-state index contributed by atoms with van der Waals surface area (Å²) in [5, 5.41) is 0. The average Bonchev–Trinajstić information content (AvgIpc) is 2.17. The molecule has 0 saturated carbocycles. The molecule has 78 valence electrons. The van der Waals surface area contributed by atoms with Crippen LogP contribution in [0.5, 0.6) is 0 Å². The molecule has 0 aliphatic carbocycles. The van der Waals surface area contributed by atoms with Crippen LogP contribution in [-0.2, 0) is 0 Å². The van der Waals surface area contributed by atoms with E-state index in [1.807, 2.05) is 6.92 Å². The zero-order valence-electron chi connectivity index (χ0n) is 9.80. The minimum Gasteiger partial charge on any atom is -0.262 e. The highest BCUT2D eigenvalue weighted by molar-refractivity contribution is 5.98. The Morgan fingerprint density at radius 1 is 1.36 bits per heavy atom. The first-order valence-electron chi connectivity index (χ1n) is 5.14. The number of nitrogens with zero attached hydrogens (tertiary/aromatic N) is 1. The normalized spacial score (nSPS) is 14.4. The third-order valence-electron chi connectivity index (χ3n) is 2.13. The third kappa shape index (κ3) is 4.80. The number of hydrogen-bond donors (Lipinski definition) is 0. The van der Waals surface area contributed by atoms with Crippen molar-refractivity contribution in [3.63, 3.8) is 0 Å². The Hall–Kier alpha value is -1.11. The molecule has 1 heteroatoms. The number of rotatable bonds is 5. The molecule has 0 radical (unpaired) electrons. The van der Waals surface area contributed by atoms with Gasteiger partial charge in [-0.3, -0.25) is 4.99 Å². The standard InChI is InChI=1S/C13H21N/c1-6-9-13(10-11(4)7-2)12(5)14-8-3/h7-8,10H,3,6,9H2,1-2,4-5H3/b11-7+,13-10-,14-12-. The van der Waals surface area contributed by atoms with Crippen LogP contribution >= 0.6 is 0 Å². The van der Waals surface area contributed by atoms with Gasteiger partial charge in [-0.2, -0.15) is 0 Å². The van der Waals surface area contributed by atoms with Crippen LogP contribution in [0, 0.1) is 0 Å². The third-order valence-corrected chi connectivity index (χ3v) is 2.13. The Labute approximate surface area is 87.9 Å². The summed E-state index contributed by atoms with van der Waals surface area (Å²) in [6.07, 6.45) is 8.13. The maximum absolute atomic E-state index is 4.22. The van der Waals surface area contributed by atoms with E-state index in [2.05, 4.69) is 44.5 Å². The molecule has 0 aromatic carbocycles. The van der Waals surface area contributed by atoms with Gasteiger partial charge in [0.05, 0.1) is 0 Å². The Balaban J connectivity index is 4.84. The summed E-state index contributed by atoms with van der Waals surface area (Å²) in [7, 11) is 0. The van der Waals surface area contributed by atoms with E-state index in [0.717, 1.165) is 18.6 Å². The Bertz CT molecular complexity index is 267. The van der Waals surface area contributed by atoms with Crippen LogP contribution in [0.3, 0.4) is 0 Å². The van der Waals surface area contributed by atoms with E-state index in [1.54, 1.807) is 6.20 Å². The Morgan fingerprint density at radius 2 is 2.00 bits per heavy atom. The Kier molecular flexibility index (Phi) is 6.73. The smallest absolute Gasteiger partial charge is 0.0404 e. The lowest BCUT2D eigenvalue weighted by Gasteiger charge is -2.05. The van der Waals surface area contributed by atoms with E-state index in [1.165, 1.54) is 11.1 Å². The second-order valence-electron chi connectivity index (χ2n) is 3.35. The lowest BCUT2D eigenvalue weighted by molar-refractivity contribution is 0.932. The van der Waals surface area contributed by atoms with Crippen molar-refractivity contribution in [3.8, 4) is 0 Å². The van der Waals surface area contributed by atoms with Gasteiger partial charge in [0.2, 0.25) is 0 Å². The number of allylic oxidation sites excluding steroid dienone is 4. The van der Waals surface area contributed by atoms with Crippen molar-refractivity contribution in [3.05, 3.63) is 36.1 Å². The van der Waals surface area contributed by atoms with E-state index in [9.17, 15) is 0 Å². The molecule has 0 aliphatic heterocycles. The average molecular weight is 191 g/mol. The van der Waals surface area contributed by atoms with E-state index in [0.29, 0.717) is 0 Å². The van der Waals surface area contributed by atoms with Crippen molar-refractivity contribution in [2.75, 3.05) is 0 Å². The van der Waals surface area contributed by atoms with Crippen LogP contribution in [-0.4, -0.2) is 5.71 Å². The molecule has 0 aromatic heterocycles. The van der Waals surface area contributed by atoms with Gasteiger partial charge in [0, 0.05) is 11.9 Å². The van der Waals surface area contributed by atoms with Crippen LogP contribution in [0.25, 0.3) is 0 Å². The van der Waals surface area contributed by atoms with Crippen molar-refractivity contribution in [1.82, 2.24) is 0 Å². The second kappa shape index (κ2) is 7.31. The fourth-order valence-corrected chi connectivity index (χ4v) is 1.20. The first-order valence-corrected chi connectivity index (χ1v) is 5.14. The van der Waals surface area contributed by atoms with Gasteiger partial charge >= 0.3 is 0 Å². The molecule has 14 heavy (non-hydrogen) atoms. The van der Waals surface area contributed by atoms with Crippen molar-refractivity contribution in [2.24, 2.45) is 4.99 Å². The molecule has 0 unspecified atom stereocenters. The quantitative estimate of drug-likeness (QED) is 0.454. The highest BCUT2D eigenvalue weighted by atomic mass is 14.7. The van der Waals surface area contributed by atoms with E-state index in [4.69, 9.17) is 0 Å². The zero-order valence-corrected chi connectivity index (χ0v) is 9.80. The van der Waals surface area contributed by atoms with Crippen molar-refractivity contribution >= 4 is 5.71 Å². The molecule has 0 heterocycles. The van der Waals surface area contributed by atoms with Gasteiger partial charge in [-0.05, 0) is 32.8 Å². The minimum absolute atomic E-state index is 1.07. The lowest BCUT2D eigenvalue weighted by atomic mass is 10.0. The summed E-state index contributed by atoms with van der Waals surface area (Å²) in [5.74, 6) is 0. The summed E-state index contributed by atoms with van der Waals surface area (Å²) in [6, 6.07) is 0. The molecule has 0 bridgehead atoms. The highest BCUT2D eigenvalue weighted by Crippen LogP contribution is 2.11. The topological polar surface area (TPSA) is 12.4 Å². The summed E-state index contributed by atoms with van der Waals surface area (Å²) in [4.78, 5) is 4.22. The van der Waals surface area contributed by atoms with Gasteiger partial charge in [0.1, 0.15) is 0 Å². The number of aliphatic imine (C=N–C) groups is 1. The van der Waals surface area contributed by atoms with Gasteiger partial charge in [0.25, 0.3) is 0 Å². The largest absolute Gasteiger partial charge is 0.262 e. The lowest BCUT2D eigenvalue weighted by Crippen LogP contribution is -1.97. The van der Waals surface area contributed by atoms with Crippen LogP contribution in [0.2, 0.25) is 0 Å². The van der Waals surface area contributed by atoms with Crippen LogP contribution in [0.15, 0.2) is 41.1 Å². The fraction of sp³-hybridized carbons (Fsp3) is 0.462. The molecule has 0 rings (SSSR count). The van der Waals surface area contributed by atoms with Gasteiger partial charge in [-0.25, -0.2) is 0 Å². The van der Waals surface area contributed by atoms with Crippen LogP contribution < -0.4 is 0 Å². The fourth-order valence-electron chi connectivity index (χ4n) is 1.20. The molecule has 0 atom stereocenters. The van der Waals surface area contributed by atoms with E-state index >= 15 is 0 Å². The number of hydrogen-bond acceptors (Lipinski definition) is 1. The first-order chi connectivity index (χ1) is 6.65. The van der Waals surface area contributed by atoms with Gasteiger partial charge < -0.3 is 0 Å². The summed E-state index contributed by atoms with van der Waals surface area (Å²) in [6.45, 7) is 12.0. The predicted molar refractivity (Wildman–Crippen MR) is 65.7 cm³/mol. The van der Waals surface area contributed by atoms with Crippen LogP contribution in [0.1, 0.15) is 40.5 Å². The SMILES string of the molecule is C=C\N=C(C)/C(=C\C(C)=C\C)CCC. The monoisotopic (exact) mass is 191 g/mol. The highest BCUT2D eigenvalue weighted by Gasteiger charge is 1.99. The Morgan fingerprint density at radius 3 is 2.43 bits per heavy atom. The molecule has 0 N–H and O–H groups in total. The zero-order chi connectivity index (χ0) is 11.0. The molecule has 0 saturated heterocycles. The maximum atomic E-state index is 4.22.